The van der Waals surface area contributed by atoms with Gasteiger partial charge in [-0.15, -0.1) is 0 Å². The van der Waals surface area contributed by atoms with Crippen molar-refractivity contribution in [3.8, 4) is 0 Å². The molecule has 1 aliphatic rings. The Balaban J connectivity index is 2.06. The van der Waals surface area contributed by atoms with Gasteiger partial charge >= 0.3 is 0 Å². The maximum atomic E-state index is 3.61. The highest BCUT2D eigenvalue weighted by molar-refractivity contribution is 5.46. The summed E-state index contributed by atoms with van der Waals surface area (Å²) in [6.07, 6.45) is 2.76. The predicted octanol–water partition coefficient (Wildman–Crippen LogP) is 3.60. The van der Waals surface area contributed by atoms with Gasteiger partial charge in [0, 0.05) is 11.2 Å². The number of nitrogens with one attached hydrogen (secondary N) is 1. The Morgan fingerprint density at radius 2 is 1.71 bits per heavy atom. The Morgan fingerprint density at radius 1 is 1.14 bits per heavy atom. The van der Waals surface area contributed by atoms with E-state index in [1.165, 1.54) is 24.1 Å². The minimum atomic E-state index is 0.259. The molecule has 1 N–H and O–H groups in total. The summed E-state index contributed by atoms with van der Waals surface area (Å²) in [6, 6.07) is 8.65. The summed E-state index contributed by atoms with van der Waals surface area (Å²) in [6.45, 7) is 6.71. The zero-order valence-electron chi connectivity index (χ0n) is 9.30. The fourth-order valence-electron chi connectivity index (χ4n) is 1.92. The van der Waals surface area contributed by atoms with Gasteiger partial charge in [-0.05, 0) is 51.7 Å². The van der Waals surface area contributed by atoms with Crippen LogP contribution in [0.25, 0.3) is 0 Å². The van der Waals surface area contributed by atoms with Gasteiger partial charge < -0.3 is 5.32 Å². The lowest BCUT2D eigenvalue weighted by Crippen LogP contribution is -2.33. The topological polar surface area (TPSA) is 12.0 Å². The predicted molar refractivity (Wildman–Crippen MR) is 61.6 cm³/mol. The molecule has 0 amide bonds. The molecule has 76 valence electrons. The summed E-state index contributed by atoms with van der Waals surface area (Å²) >= 11 is 0. The molecule has 0 spiro atoms. The first-order valence-electron chi connectivity index (χ1n) is 5.43. The van der Waals surface area contributed by atoms with Crippen molar-refractivity contribution >= 4 is 5.69 Å². The van der Waals surface area contributed by atoms with Gasteiger partial charge in [0.25, 0.3) is 0 Å². The molecule has 14 heavy (non-hydrogen) atoms. The third-order valence-corrected chi connectivity index (χ3v) is 3.12. The van der Waals surface area contributed by atoms with Crippen molar-refractivity contribution in [3.63, 3.8) is 0 Å². The molecule has 1 aromatic carbocycles. The van der Waals surface area contributed by atoms with E-state index in [4.69, 9.17) is 0 Å². The maximum Gasteiger partial charge on any atom is 0.0345 e. The summed E-state index contributed by atoms with van der Waals surface area (Å²) in [4.78, 5) is 0. The summed E-state index contributed by atoms with van der Waals surface area (Å²) in [7, 11) is 0. The third kappa shape index (κ3) is 2.09. The van der Waals surface area contributed by atoms with Crippen LogP contribution in [-0.4, -0.2) is 5.54 Å². The molecule has 1 heteroatoms. The van der Waals surface area contributed by atoms with Crippen molar-refractivity contribution in [3.05, 3.63) is 29.8 Å². The second kappa shape index (κ2) is 3.30. The van der Waals surface area contributed by atoms with Gasteiger partial charge in [-0.2, -0.15) is 0 Å². The van der Waals surface area contributed by atoms with Crippen molar-refractivity contribution in [2.45, 2.75) is 39.2 Å². The van der Waals surface area contributed by atoms with E-state index in [1.54, 1.807) is 0 Å². The summed E-state index contributed by atoms with van der Waals surface area (Å²) < 4.78 is 0. The molecule has 0 heterocycles. The van der Waals surface area contributed by atoms with Crippen molar-refractivity contribution < 1.29 is 0 Å². The zero-order valence-corrected chi connectivity index (χ0v) is 9.30. The van der Waals surface area contributed by atoms with Crippen LogP contribution in [0.5, 0.6) is 0 Å². The molecule has 0 unspecified atom stereocenters. The standard InChI is InChI=1S/C13H19N/c1-10-4-8-12(9-5-10)14-13(2,3)11-6-7-11/h4-5,8-9,11,14H,6-7H2,1-3H3. The number of hydrogen-bond donors (Lipinski definition) is 1. The molecule has 1 fully saturated rings. The highest BCUT2D eigenvalue weighted by atomic mass is 15.0. The van der Waals surface area contributed by atoms with Crippen molar-refractivity contribution in [1.29, 1.82) is 0 Å². The Hall–Kier alpha value is -0.980. The number of aryl methyl sites for hydroxylation is 1. The Bertz CT molecular complexity index is 307. The van der Waals surface area contributed by atoms with E-state index in [9.17, 15) is 0 Å². The SMILES string of the molecule is Cc1ccc(NC(C)(C)C2CC2)cc1. The summed E-state index contributed by atoms with van der Waals surface area (Å²) in [5.74, 6) is 0.865. The van der Waals surface area contributed by atoms with Crippen molar-refractivity contribution in [1.82, 2.24) is 0 Å². The molecule has 0 atom stereocenters. The molecule has 0 radical (unpaired) electrons. The first-order valence-corrected chi connectivity index (χ1v) is 5.43. The minimum absolute atomic E-state index is 0.259. The van der Waals surface area contributed by atoms with E-state index < -0.39 is 0 Å². The molecule has 1 nitrogen and oxygen atoms in total. The van der Waals surface area contributed by atoms with Crippen LogP contribution in [-0.2, 0) is 0 Å². The lowest BCUT2D eigenvalue weighted by atomic mass is 9.98. The first kappa shape index (κ1) is 9.57. The average Bonchev–Trinajstić information content (AvgIpc) is 2.91. The van der Waals surface area contributed by atoms with E-state index in [0.717, 1.165) is 5.92 Å². The van der Waals surface area contributed by atoms with Crippen LogP contribution in [0.3, 0.4) is 0 Å². The molecule has 1 saturated carbocycles. The molecule has 0 saturated heterocycles. The molecule has 0 aromatic heterocycles. The molecule has 0 aliphatic heterocycles. The van der Waals surface area contributed by atoms with Gasteiger partial charge in [0.05, 0.1) is 0 Å². The molecule has 0 bridgehead atoms. The van der Waals surface area contributed by atoms with E-state index >= 15 is 0 Å². The van der Waals surface area contributed by atoms with Crippen molar-refractivity contribution in [2.24, 2.45) is 5.92 Å². The molecular weight excluding hydrogens is 170 g/mol. The van der Waals surface area contributed by atoms with Gasteiger partial charge in [-0.25, -0.2) is 0 Å². The van der Waals surface area contributed by atoms with Crippen LogP contribution in [0.1, 0.15) is 32.3 Å². The van der Waals surface area contributed by atoms with Crippen LogP contribution >= 0.6 is 0 Å². The van der Waals surface area contributed by atoms with Gasteiger partial charge in [-0.3, -0.25) is 0 Å². The average molecular weight is 189 g/mol. The van der Waals surface area contributed by atoms with Gasteiger partial charge in [0.2, 0.25) is 0 Å². The largest absolute Gasteiger partial charge is 0.380 e. The lowest BCUT2D eigenvalue weighted by molar-refractivity contribution is 0.494. The summed E-state index contributed by atoms with van der Waals surface area (Å²) in [5, 5.41) is 3.61. The van der Waals surface area contributed by atoms with Crippen LogP contribution in [0.4, 0.5) is 5.69 Å². The van der Waals surface area contributed by atoms with E-state index in [1.807, 2.05) is 0 Å². The van der Waals surface area contributed by atoms with E-state index in [2.05, 4.69) is 50.4 Å². The minimum Gasteiger partial charge on any atom is -0.380 e. The van der Waals surface area contributed by atoms with Crippen LogP contribution in [0.15, 0.2) is 24.3 Å². The van der Waals surface area contributed by atoms with Crippen LogP contribution in [0.2, 0.25) is 0 Å². The van der Waals surface area contributed by atoms with E-state index in [-0.39, 0.29) is 5.54 Å². The number of rotatable bonds is 3. The first-order chi connectivity index (χ1) is 6.58. The van der Waals surface area contributed by atoms with Gasteiger partial charge in [0.15, 0.2) is 0 Å². The number of hydrogen-bond acceptors (Lipinski definition) is 1. The number of anilines is 1. The highest BCUT2D eigenvalue weighted by Gasteiger charge is 2.37. The smallest absolute Gasteiger partial charge is 0.0345 e. The Labute approximate surface area is 86.5 Å². The Kier molecular flexibility index (Phi) is 2.26. The normalized spacial score (nSPS) is 16.8. The second-order valence-electron chi connectivity index (χ2n) is 4.99. The monoisotopic (exact) mass is 189 g/mol. The van der Waals surface area contributed by atoms with Gasteiger partial charge in [0.1, 0.15) is 0 Å². The zero-order chi connectivity index (χ0) is 10.2. The van der Waals surface area contributed by atoms with E-state index in [0.29, 0.717) is 0 Å². The quantitative estimate of drug-likeness (QED) is 0.766. The van der Waals surface area contributed by atoms with Gasteiger partial charge in [-0.1, -0.05) is 17.7 Å². The van der Waals surface area contributed by atoms with Crippen molar-refractivity contribution in [2.75, 3.05) is 5.32 Å². The molecule has 1 aromatic rings. The fourth-order valence-corrected chi connectivity index (χ4v) is 1.92. The van der Waals surface area contributed by atoms with Crippen LogP contribution < -0.4 is 5.32 Å². The Morgan fingerprint density at radius 3 is 2.21 bits per heavy atom. The highest BCUT2D eigenvalue weighted by Crippen LogP contribution is 2.40. The lowest BCUT2D eigenvalue weighted by Gasteiger charge is -2.27. The fraction of sp³-hybridized carbons (Fsp3) is 0.538. The van der Waals surface area contributed by atoms with Crippen LogP contribution in [0, 0.1) is 12.8 Å². The second-order valence-corrected chi connectivity index (χ2v) is 4.99. The summed E-state index contributed by atoms with van der Waals surface area (Å²) in [5.41, 5.74) is 2.82. The molecule has 2 rings (SSSR count). The third-order valence-electron chi connectivity index (χ3n) is 3.12. The molecular formula is C13H19N. The maximum absolute atomic E-state index is 3.61. The number of benzene rings is 1. The molecule has 1 aliphatic carbocycles.